The van der Waals surface area contributed by atoms with Gasteiger partial charge in [-0.15, -0.1) is 0 Å². The highest BCUT2D eigenvalue weighted by Gasteiger charge is 2.22. The van der Waals surface area contributed by atoms with E-state index in [0.29, 0.717) is 27.8 Å². The zero-order valence-corrected chi connectivity index (χ0v) is 19.8. The molecular weight excluding hydrogens is 452 g/mol. The third-order valence-corrected chi connectivity index (χ3v) is 5.59. The zero-order valence-electron chi connectivity index (χ0n) is 19.1. The highest BCUT2D eigenvalue weighted by atomic mass is 35.5. The predicted octanol–water partition coefficient (Wildman–Crippen LogP) is 6.25. The zero-order chi connectivity index (χ0) is 24.5. The summed E-state index contributed by atoms with van der Waals surface area (Å²) in [6.07, 6.45) is -0.123. The second kappa shape index (κ2) is 9.19. The van der Waals surface area contributed by atoms with Crippen LogP contribution in [0.25, 0.3) is 16.5 Å². The van der Waals surface area contributed by atoms with Crippen molar-refractivity contribution in [1.82, 2.24) is 9.78 Å². The van der Waals surface area contributed by atoms with Crippen molar-refractivity contribution in [1.29, 1.82) is 0 Å². The number of carboxylic acid groups (broad SMARTS) is 1. The third-order valence-electron chi connectivity index (χ3n) is 5.34. The first-order valence-electron chi connectivity index (χ1n) is 10.8. The first-order valence-corrected chi connectivity index (χ1v) is 11.2. The number of carbonyl (C=O) groups excluding carboxylic acids is 1. The summed E-state index contributed by atoms with van der Waals surface area (Å²) in [6, 6.07) is 19.5. The van der Waals surface area contributed by atoms with Gasteiger partial charge in [0.25, 0.3) is 0 Å². The summed E-state index contributed by atoms with van der Waals surface area (Å²) in [5.74, 6) is -0.452. The molecular formula is C26H25ClN4O3. The van der Waals surface area contributed by atoms with Crippen molar-refractivity contribution < 1.29 is 14.7 Å². The molecule has 0 aliphatic carbocycles. The molecule has 0 saturated heterocycles. The van der Waals surface area contributed by atoms with E-state index < -0.39 is 12.0 Å². The van der Waals surface area contributed by atoms with Crippen molar-refractivity contribution in [2.75, 3.05) is 10.6 Å². The molecule has 0 unspecified atom stereocenters. The van der Waals surface area contributed by atoms with Gasteiger partial charge in [-0.05, 0) is 52.7 Å². The maximum absolute atomic E-state index is 12.8. The standard InChI is InChI=1S/C26H25ClN4O3/c1-26(2,3)22-15-23(29-25(34)28-19-10-8-18(27)9-11-19)31(30-22)20-12-16-6-4-5-7-21(16)17(13-20)14-24(32)33/h4-13,15H,14H2,1-3H3,(H,32,33)(H2,28,29,34). The van der Waals surface area contributed by atoms with Gasteiger partial charge in [0.05, 0.1) is 17.8 Å². The summed E-state index contributed by atoms with van der Waals surface area (Å²) in [5.41, 5.74) is 2.44. The summed E-state index contributed by atoms with van der Waals surface area (Å²) in [5, 5.41) is 22.2. The Labute approximate surface area is 202 Å². The molecule has 4 rings (SSSR count). The molecule has 0 atom stereocenters. The summed E-state index contributed by atoms with van der Waals surface area (Å²) < 4.78 is 1.64. The monoisotopic (exact) mass is 476 g/mol. The topological polar surface area (TPSA) is 96.2 Å². The van der Waals surface area contributed by atoms with E-state index in [0.717, 1.165) is 16.5 Å². The molecule has 0 spiro atoms. The molecule has 7 nitrogen and oxygen atoms in total. The van der Waals surface area contributed by atoms with E-state index in [-0.39, 0.29) is 11.8 Å². The molecule has 0 fully saturated rings. The van der Waals surface area contributed by atoms with Crippen LogP contribution in [0.1, 0.15) is 32.0 Å². The number of aromatic nitrogens is 2. The van der Waals surface area contributed by atoms with Crippen LogP contribution in [0.4, 0.5) is 16.3 Å². The lowest BCUT2D eigenvalue weighted by atomic mass is 9.92. The number of hydrogen-bond acceptors (Lipinski definition) is 3. The van der Waals surface area contributed by atoms with Gasteiger partial charge >= 0.3 is 12.0 Å². The van der Waals surface area contributed by atoms with Crippen LogP contribution in [0.5, 0.6) is 0 Å². The number of nitrogens with zero attached hydrogens (tertiary/aromatic N) is 2. The Kier molecular flexibility index (Phi) is 6.30. The molecule has 0 saturated carbocycles. The molecule has 174 valence electrons. The number of carbonyl (C=O) groups is 2. The van der Waals surface area contributed by atoms with Gasteiger partial charge in [-0.3, -0.25) is 10.1 Å². The maximum Gasteiger partial charge on any atom is 0.324 e. The van der Waals surface area contributed by atoms with E-state index in [1.807, 2.05) is 57.2 Å². The molecule has 4 aromatic rings. The van der Waals surface area contributed by atoms with E-state index in [4.69, 9.17) is 16.7 Å². The van der Waals surface area contributed by atoms with Crippen molar-refractivity contribution in [2.24, 2.45) is 0 Å². The minimum atomic E-state index is -0.918. The van der Waals surface area contributed by atoms with Crippen LogP contribution in [-0.4, -0.2) is 26.9 Å². The Hall–Kier alpha value is -3.84. The maximum atomic E-state index is 12.8. The van der Waals surface area contributed by atoms with E-state index in [9.17, 15) is 14.7 Å². The molecule has 0 aliphatic heterocycles. The smallest absolute Gasteiger partial charge is 0.324 e. The average molecular weight is 477 g/mol. The van der Waals surface area contributed by atoms with Gasteiger partial charge in [0.15, 0.2) is 0 Å². The number of anilines is 2. The Bertz CT molecular complexity index is 1370. The van der Waals surface area contributed by atoms with Crippen molar-refractivity contribution in [3.63, 3.8) is 0 Å². The third kappa shape index (κ3) is 5.21. The Morgan fingerprint density at radius 3 is 2.38 bits per heavy atom. The lowest BCUT2D eigenvalue weighted by molar-refractivity contribution is -0.136. The van der Waals surface area contributed by atoms with Crippen molar-refractivity contribution >= 4 is 45.9 Å². The minimum Gasteiger partial charge on any atom is -0.481 e. The van der Waals surface area contributed by atoms with Crippen molar-refractivity contribution in [2.45, 2.75) is 32.6 Å². The first kappa shape index (κ1) is 23.3. The second-order valence-corrected chi connectivity index (χ2v) is 9.50. The first-order chi connectivity index (χ1) is 16.1. The van der Waals surface area contributed by atoms with Crippen LogP contribution in [0.2, 0.25) is 5.02 Å². The van der Waals surface area contributed by atoms with Gasteiger partial charge in [0.2, 0.25) is 0 Å². The lowest BCUT2D eigenvalue weighted by Crippen LogP contribution is -2.21. The lowest BCUT2D eigenvalue weighted by Gasteiger charge is -2.14. The van der Waals surface area contributed by atoms with Crippen LogP contribution in [0.15, 0.2) is 66.7 Å². The second-order valence-electron chi connectivity index (χ2n) is 9.06. The average Bonchev–Trinajstić information content (AvgIpc) is 3.19. The van der Waals surface area contributed by atoms with Crippen LogP contribution in [0.3, 0.4) is 0 Å². The molecule has 8 heteroatoms. The summed E-state index contributed by atoms with van der Waals surface area (Å²) in [6.45, 7) is 6.11. The SMILES string of the molecule is CC(C)(C)c1cc(NC(=O)Nc2ccc(Cl)cc2)n(-c2cc(CC(=O)O)c3ccccc3c2)n1. The molecule has 1 heterocycles. The normalized spacial score (nSPS) is 11.4. The summed E-state index contributed by atoms with van der Waals surface area (Å²) >= 11 is 5.92. The number of amides is 2. The quantitative estimate of drug-likeness (QED) is 0.317. The molecule has 3 N–H and O–H groups in total. The molecule has 34 heavy (non-hydrogen) atoms. The Balaban J connectivity index is 1.76. The van der Waals surface area contributed by atoms with E-state index >= 15 is 0 Å². The Morgan fingerprint density at radius 2 is 1.71 bits per heavy atom. The largest absolute Gasteiger partial charge is 0.481 e. The number of hydrogen-bond donors (Lipinski definition) is 3. The minimum absolute atomic E-state index is 0.123. The molecule has 0 aliphatic rings. The fourth-order valence-corrected chi connectivity index (χ4v) is 3.78. The Morgan fingerprint density at radius 1 is 1.00 bits per heavy atom. The van der Waals surface area contributed by atoms with Gasteiger partial charge in [-0.25, -0.2) is 9.48 Å². The molecule has 3 aromatic carbocycles. The number of urea groups is 1. The van der Waals surface area contributed by atoms with E-state index in [1.54, 1.807) is 35.0 Å². The summed E-state index contributed by atoms with van der Waals surface area (Å²) in [7, 11) is 0. The number of aliphatic carboxylic acids is 1. The summed E-state index contributed by atoms with van der Waals surface area (Å²) in [4.78, 5) is 24.3. The fourth-order valence-electron chi connectivity index (χ4n) is 3.65. The van der Waals surface area contributed by atoms with Crippen LogP contribution < -0.4 is 10.6 Å². The number of nitrogens with one attached hydrogen (secondary N) is 2. The van der Waals surface area contributed by atoms with E-state index in [2.05, 4.69) is 10.6 Å². The van der Waals surface area contributed by atoms with Crippen LogP contribution in [0, 0.1) is 0 Å². The number of fused-ring (bicyclic) bond motifs is 1. The van der Waals surface area contributed by atoms with Crippen LogP contribution >= 0.6 is 11.6 Å². The van der Waals surface area contributed by atoms with Gasteiger partial charge in [-0.2, -0.15) is 5.10 Å². The van der Waals surface area contributed by atoms with Gasteiger partial charge in [0.1, 0.15) is 5.82 Å². The van der Waals surface area contributed by atoms with Gasteiger partial charge in [0, 0.05) is 22.2 Å². The van der Waals surface area contributed by atoms with Crippen molar-refractivity contribution in [3.05, 3.63) is 83.0 Å². The fraction of sp³-hybridized carbons (Fsp3) is 0.192. The predicted molar refractivity (Wildman–Crippen MR) is 135 cm³/mol. The number of benzene rings is 3. The van der Waals surface area contributed by atoms with Crippen LogP contribution in [-0.2, 0) is 16.6 Å². The number of carboxylic acids is 1. The number of halogens is 1. The molecule has 0 bridgehead atoms. The molecule has 1 aromatic heterocycles. The highest BCUT2D eigenvalue weighted by molar-refractivity contribution is 6.30. The highest BCUT2D eigenvalue weighted by Crippen LogP contribution is 2.29. The molecule has 2 amide bonds. The molecule has 0 radical (unpaired) electrons. The van der Waals surface area contributed by atoms with Gasteiger partial charge < -0.3 is 10.4 Å². The number of rotatable bonds is 5. The van der Waals surface area contributed by atoms with E-state index in [1.165, 1.54) is 0 Å². The van der Waals surface area contributed by atoms with Crippen molar-refractivity contribution in [3.8, 4) is 5.69 Å². The van der Waals surface area contributed by atoms with Gasteiger partial charge in [-0.1, -0.05) is 56.6 Å².